The maximum atomic E-state index is 12.7. The van der Waals surface area contributed by atoms with Crippen LogP contribution in [0.15, 0.2) is 29.2 Å². The van der Waals surface area contributed by atoms with E-state index in [-0.39, 0.29) is 23.5 Å². The number of halogens is 3. The lowest BCUT2D eigenvalue weighted by atomic mass is 9.87. The van der Waals surface area contributed by atoms with Gasteiger partial charge < -0.3 is 14.4 Å². The SMILES string of the molecule is CCN(CCCOC1CCC(CNS(=O)(=O)c2ccc(C(F)(F)F)cc2)CC1)CCOC. The third-order valence-corrected chi connectivity index (χ3v) is 7.32. The average Bonchev–Trinajstić information content (AvgIpc) is 2.77. The zero-order valence-corrected chi connectivity index (χ0v) is 19.7. The van der Waals surface area contributed by atoms with Crippen LogP contribution in [0.5, 0.6) is 0 Å². The minimum Gasteiger partial charge on any atom is -0.383 e. The molecule has 0 bridgehead atoms. The summed E-state index contributed by atoms with van der Waals surface area (Å²) in [5, 5.41) is 0. The standard InChI is InChI=1S/C22H35F3N2O4S/c1-3-27(14-16-30-2)13-4-15-31-20-9-5-18(6-10-20)17-26-32(28,29)21-11-7-19(8-12-21)22(23,24)25/h7-8,11-12,18,20,26H,3-6,9-10,13-17H2,1-2H3. The minimum atomic E-state index is -4.49. The van der Waals surface area contributed by atoms with Crippen LogP contribution in [0.2, 0.25) is 0 Å². The van der Waals surface area contributed by atoms with E-state index in [0.29, 0.717) is 6.61 Å². The first-order chi connectivity index (χ1) is 15.2. The number of likely N-dealkylation sites (N-methyl/N-ethyl adjacent to an activating group) is 1. The van der Waals surface area contributed by atoms with Crippen molar-refractivity contribution in [3.05, 3.63) is 29.8 Å². The number of nitrogens with zero attached hydrogens (tertiary/aromatic N) is 1. The molecule has 10 heteroatoms. The monoisotopic (exact) mass is 480 g/mol. The lowest BCUT2D eigenvalue weighted by molar-refractivity contribution is -0.137. The van der Waals surface area contributed by atoms with Crippen molar-refractivity contribution in [1.82, 2.24) is 9.62 Å². The molecule has 1 aliphatic rings. The molecule has 0 aliphatic heterocycles. The van der Waals surface area contributed by atoms with Gasteiger partial charge in [0, 0.05) is 33.4 Å². The van der Waals surface area contributed by atoms with E-state index < -0.39 is 21.8 Å². The number of sulfonamides is 1. The van der Waals surface area contributed by atoms with E-state index in [0.717, 1.165) is 82.6 Å². The fourth-order valence-electron chi connectivity index (χ4n) is 3.82. The van der Waals surface area contributed by atoms with Crippen LogP contribution in [0, 0.1) is 5.92 Å². The minimum absolute atomic E-state index is 0.158. The average molecular weight is 481 g/mol. The molecule has 0 amide bonds. The van der Waals surface area contributed by atoms with Crippen LogP contribution in [-0.4, -0.2) is 65.9 Å². The van der Waals surface area contributed by atoms with E-state index in [1.54, 1.807) is 7.11 Å². The summed E-state index contributed by atoms with van der Waals surface area (Å²) in [4.78, 5) is 2.17. The third kappa shape index (κ3) is 8.97. The normalized spacial score (nSPS) is 20.1. The van der Waals surface area contributed by atoms with Crippen molar-refractivity contribution in [3.63, 3.8) is 0 Å². The molecular formula is C22H35F3N2O4S. The van der Waals surface area contributed by atoms with Gasteiger partial charge in [-0.15, -0.1) is 0 Å². The van der Waals surface area contributed by atoms with E-state index in [4.69, 9.17) is 9.47 Å². The highest BCUT2D eigenvalue weighted by molar-refractivity contribution is 7.89. The first-order valence-corrected chi connectivity index (χ1v) is 12.6. The Kier molecular flexibility index (Phi) is 10.9. The lowest BCUT2D eigenvalue weighted by Gasteiger charge is -2.29. The molecule has 0 atom stereocenters. The second kappa shape index (κ2) is 12.9. The van der Waals surface area contributed by atoms with Gasteiger partial charge in [-0.3, -0.25) is 0 Å². The van der Waals surface area contributed by atoms with Crippen molar-refractivity contribution < 1.29 is 31.1 Å². The van der Waals surface area contributed by atoms with Crippen LogP contribution in [0.25, 0.3) is 0 Å². The topological polar surface area (TPSA) is 67.9 Å². The van der Waals surface area contributed by atoms with Crippen LogP contribution >= 0.6 is 0 Å². The number of rotatable bonds is 13. The van der Waals surface area contributed by atoms with E-state index in [9.17, 15) is 21.6 Å². The molecule has 0 unspecified atom stereocenters. The predicted octanol–water partition coefficient (Wildman–Crippen LogP) is 3.92. The molecule has 1 fully saturated rings. The van der Waals surface area contributed by atoms with Crippen LogP contribution in [0.1, 0.15) is 44.6 Å². The fraction of sp³-hybridized carbons (Fsp3) is 0.727. The van der Waals surface area contributed by atoms with Crippen LogP contribution in [-0.2, 0) is 25.7 Å². The van der Waals surface area contributed by atoms with Gasteiger partial charge in [-0.1, -0.05) is 6.92 Å². The van der Waals surface area contributed by atoms with Gasteiger partial charge >= 0.3 is 6.18 Å². The maximum Gasteiger partial charge on any atom is 0.416 e. The van der Waals surface area contributed by atoms with Crippen LogP contribution < -0.4 is 4.72 Å². The van der Waals surface area contributed by atoms with Gasteiger partial charge in [-0.2, -0.15) is 13.2 Å². The summed E-state index contributed by atoms with van der Waals surface area (Å²) in [6, 6.07) is 3.55. The Morgan fingerprint density at radius 1 is 1.06 bits per heavy atom. The van der Waals surface area contributed by atoms with Crippen molar-refractivity contribution in [3.8, 4) is 0 Å². The largest absolute Gasteiger partial charge is 0.416 e. The fourth-order valence-corrected chi connectivity index (χ4v) is 4.94. The van der Waals surface area contributed by atoms with Crippen molar-refractivity contribution in [1.29, 1.82) is 0 Å². The molecule has 6 nitrogen and oxygen atoms in total. The molecule has 0 aromatic heterocycles. The summed E-state index contributed by atoms with van der Waals surface area (Å²) in [5.41, 5.74) is -0.868. The molecule has 1 saturated carbocycles. The second-order valence-electron chi connectivity index (χ2n) is 8.17. The van der Waals surface area contributed by atoms with Crippen molar-refractivity contribution in [2.75, 3.05) is 46.5 Å². The molecule has 1 aromatic carbocycles. The number of methoxy groups -OCH3 is 1. The quantitative estimate of drug-likeness (QED) is 0.434. The Hall–Kier alpha value is -1.20. The number of ether oxygens (including phenoxy) is 2. The Balaban J connectivity index is 1.67. The number of hydrogen-bond donors (Lipinski definition) is 1. The molecule has 32 heavy (non-hydrogen) atoms. The molecule has 0 radical (unpaired) electrons. The van der Waals surface area contributed by atoms with Crippen molar-refractivity contribution in [2.24, 2.45) is 5.92 Å². The van der Waals surface area contributed by atoms with Gasteiger partial charge in [-0.25, -0.2) is 13.1 Å². The van der Waals surface area contributed by atoms with Crippen molar-refractivity contribution in [2.45, 2.75) is 56.2 Å². The Labute approximate surface area is 189 Å². The van der Waals surface area contributed by atoms with Gasteiger partial charge in [0.2, 0.25) is 10.0 Å². The Morgan fingerprint density at radius 2 is 1.72 bits per heavy atom. The smallest absolute Gasteiger partial charge is 0.383 e. The first kappa shape index (κ1) is 27.0. The molecule has 0 saturated heterocycles. The van der Waals surface area contributed by atoms with E-state index in [1.165, 1.54) is 0 Å². The molecule has 1 aromatic rings. The lowest BCUT2D eigenvalue weighted by Crippen LogP contribution is -2.33. The zero-order chi connectivity index (χ0) is 23.6. The molecule has 1 aliphatic carbocycles. The second-order valence-corrected chi connectivity index (χ2v) is 9.94. The van der Waals surface area contributed by atoms with Gasteiger partial charge in [-0.05, 0) is 68.8 Å². The highest BCUT2D eigenvalue weighted by atomic mass is 32.2. The number of hydrogen-bond acceptors (Lipinski definition) is 5. The predicted molar refractivity (Wildman–Crippen MR) is 117 cm³/mol. The Morgan fingerprint density at radius 3 is 2.28 bits per heavy atom. The van der Waals surface area contributed by atoms with E-state index in [1.807, 2.05) is 0 Å². The molecule has 184 valence electrons. The molecular weight excluding hydrogens is 445 g/mol. The summed E-state index contributed by atoms with van der Waals surface area (Å²) in [5.74, 6) is 0.198. The summed E-state index contributed by atoms with van der Waals surface area (Å²) < 4.78 is 76.4. The highest BCUT2D eigenvalue weighted by Gasteiger charge is 2.31. The van der Waals surface area contributed by atoms with Gasteiger partial charge in [0.15, 0.2) is 0 Å². The molecule has 2 rings (SSSR count). The van der Waals surface area contributed by atoms with Crippen molar-refractivity contribution >= 4 is 10.0 Å². The summed E-state index contributed by atoms with van der Waals surface area (Å²) >= 11 is 0. The van der Waals surface area contributed by atoms with E-state index >= 15 is 0 Å². The van der Waals surface area contributed by atoms with Gasteiger partial charge in [0.25, 0.3) is 0 Å². The first-order valence-electron chi connectivity index (χ1n) is 11.2. The van der Waals surface area contributed by atoms with E-state index in [2.05, 4.69) is 16.5 Å². The van der Waals surface area contributed by atoms with Gasteiger partial charge in [0.05, 0.1) is 23.2 Å². The number of benzene rings is 1. The van der Waals surface area contributed by atoms with Gasteiger partial charge in [0.1, 0.15) is 0 Å². The summed E-state index contributed by atoms with van der Waals surface area (Å²) in [7, 11) is -2.13. The maximum absolute atomic E-state index is 12.7. The molecule has 0 heterocycles. The summed E-state index contributed by atoms with van der Waals surface area (Å²) in [6.45, 7) is 6.71. The number of nitrogens with one attached hydrogen (secondary N) is 1. The third-order valence-electron chi connectivity index (χ3n) is 5.88. The van der Waals surface area contributed by atoms with Crippen LogP contribution in [0.4, 0.5) is 13.2 Å². The zero-order valence-electron chi connectivity index (χ0n) is 18.9. The number of alkyl halides is 3. The molecule has 1 N–H and O–H groups in total. The highest BCUT2D eigenvalue weighted by Crippen LogP contribution is 2.30. The summed E-state index contributed by atoms with van der Waals surface area (Å²) in [6.07, 6.45) is 0.151. The van der Waals surface area contributed by atoms with Crippen LogP contribution in [0.3, 0.4) is 0 Å². The molecule has 0 spiro atoms. The Bertz CT molecular complexity index is 764.